The Morgan fingerprint density at radius 2 is 1.34 bits per heavy atom. The van der Waals surface area contributed by atoms with Crippen LogP contribution in [0.2, 0.25) is 10.0 Å². The topological polar surface area (TPSA) is 487 Å². The molecular formula is C70H83Cl2N9O23. The molecular weight excluding hydrogens is 1410 g/mol. The fraction of sp³-hybridized carbons (Fsp3) is 0.457. The first kappa shape index (κ1) is 77.6. The molecule has 32 nitrogen and oxygen atoms in total. The summed E-state index contributed by atoms with van der Waals surface area (Å²) in [5.74, 6) is -13.9. The maximum Gasteiger partial charge on any atom is 0.248 e. The molecule has 34 heteroatoms. The van der Waals surface area contributed by atoms with Crippen molar-refractivity contribution in [3.63, 3.8) is 0 Å². The molecule has 2 fully saturated rings. The van der Waals surface area contributed by atoms with E-state index in [0.29, 0.717) is 0 Å². The molecule has 12 rings (SSSR count). The largest absolute Gasteiger partial charge is 0.508 e. The van der Waals surface area contributed by atoms with Crippen molar-refractivity contribution in [1.29, 1.82) is 0 Å². The van der Waals surface area contributed by atoms with E-state index in [1.165, 1.54) is 37.3 Å². The van der Waals surface area contributed by atoms with Gasteiger partial charge in [-0.25, -0.2) is 0 Å². The van der Waals surface area contributed by atoms with Crippen LogP contribution in [-0.2, 0) is 52.6 Å². The molecule has 11 bridgehead atoms. The average Bonchev–Trinajstić information content (AvgIpc) is 0.757. The van der Waals surface area contributed by atoms with Crippen LogP contribution < -0.4 is 57.2 Å². The number of hydrogen-bond acceptors (Lipinski definition) is 25. The Balaban J connectivity index is 1.27. The number of amides is 7. The van der Waals surface area contributed by atoms with Crippen molar-refractivity contribution in [3.05, 3.63) is 116 Å². The van der Waals surface area contributed by atoms with Gasteiger partial charge in [-0.05, 0) is 144 Å². The molecule has 0 spiro atoms. The van der Waals surface area contributed by atoms with Gasteiger partial charge in [0.05, 0.1) is 41.3 Å². The minimum absolute atomic E-state index is 0.0568. The number of fused-ring (bicyclic) bond motifs is 15. The summed E-state index contributed by atoms with van der Waals surface area (Å²) in [6.45, 7) is 8.34. The summed E-state index contributed by atoms with van der Waals surface area (Å²) in [6.07, 6.45) is -18.2. The summed E-state index contributed by atoms with van der Waals surface area (Å²) < 4.78 is 38.5. The third-order valence-corrected chi connectivity index (χ3v) is 19.7. The third-order valence-electron chi connectivity index (χ3n) is 19.1. The van der Waals surface area contributed by atoms with Gasteiger partial charge < -0.3 is 117 Å². The zero-order valence-corrected chi connectivity index (χ0v) is 59.2. The van der Waals surface area contributed by atoms with E-state index in [-0.39, 0.29) is 79.2 Å². The molecule has 104 heavy (non-hydrogen) atoms. The molecule has 0 aliphatic carbocycles. The van der Waals surface area contributed by atoms with E-state index in [1.54, 1.807) is 39.9 Å². The second-order valence-corrected chi connectivity index (χ2v) is 28.0. The average molecular weight is 1490 g/mol. The van der Waals surface area contributed by atoms with E-state index in [0.717, 1.165) is 49.4 Å². The number of ketones is 1. The molecule has 18 N–H and O–H groups in total. The van der Waals surface area contributed by atoms with Crippen LogP contribution in [0.25, 0.3) is 11.1 Å². The van der Waals surface area contributed by atoms with Crippen molar-refractivity contribution in [1.82, 2.24) is 42.1 Å². The summed E-state index contributed by atoms with van der Waals surface area (Å²) in [7, 11) is 4.79. The Morgan fingerprint density at radius 1 is 0.731 bits per heavy atom. The lowest BCUT2D eigenvalue weighted by Crippen LogP contribution is -2.62. The SMILES string of the molecule is CNC1(C)CC(OC2c3ccc(c(Cl)c3)Oc3cc4cc(c3OC3OC(CO)C(O)C(O)C3O)Oc3ccc(cc3Cl)C(O)C(NC(=O)C(CC(C)C)N(C)C)C(=O)NC(CC(N)=O)C(=O)NC4C(=O)NC3C(=O)NC2C(=O)NC(C(C)=O)c2cc(O)c(C)c(O)c2-c2cc3ccc2O)OC(C)C1O. The summed E-state index contributed by atoms with van der Waals surface area (Å²) in [4.78, 5) is 122. The van der Waals surface area contributed by atoms with E-state index in [2.05, 4.69) is 37.2 Å². The first-order chi connectivity index (χ1) is 49.0. The molecule has 560 valence electrons. The Hall–Kier alpha value is -9.00. The number of phenols is 3. The maximum absolute atomic E-state index is 16.3. The number of aliphatic hydroxyl groups is 6. The highest BCUT2D eigenvalue weighted by Gasteiger charge is 2.49. The lowest BCUT2D eigenvalue weighted by Gasteiger charge is -2.46. The number of nitrogens with one attached hydrogen (secondary N) is 7. The van der Waals surface area contributed by atoms with Crippen LogP contribution >= 0.6 is 23.2 Å². The predicted octanol–water partition coefficient (Wildman–Crippen LogP) is 1.52. The molecule has 2 saturated heterocycles. The van der Waals surface area contributed by atoms with Gasteiger partial charge in [0.15, 0.2) is 23.6 Å². The van der Waals surface area contributed by atoms with Gasteiger partial charge in [-0.15, -0.1) is 0 Å². The number of phenolic OH excluding ortho intramolecular Hbond substituents is 3. The zero-order chi connectivity index (χ0) is 76.0. The number of carbonyl (C=O) groups is 8. The molecule has 0 radical (unpaired) electrons. The van der Waals surface area contributed by atoms with Crippen LogP contribution in [0.1, 0.15) is 118 Å². The molecule has 5 aromatic carbocycles. The monoisotopic (exact) mass is 1490 g/mol. The summed E-state index contributed by atoms with van der Waals surface area (Å²) in [6, 6.07) is 0.420. The molecule has 7 aliphatic rings. The second kappa shape index (κ2) is 31.4. The van der Waals surface area contributed by atoms with Crippen molar-refractivity contribution < 1.29 is 113 Å². The first-order valence-electron chi connectivity index (χ1n) is 33.1. The highest BCUT2D eigenvalue weighted by atomic mass is 35.5. The van der Waals surface area contributed by atoms with Gasteiger partial charge in [0.1, 0.15) is 102 Å². The fourth-order valence-corrected chi connectivity index (χ4v) is 13.6. The van der Waals surface area contributed by atoms with Crippen molar-refractivity contribution in [2.75, 3.05) is 27.7 Å². The van der Waals surface area contributed by atoms with Crippen molar-refractivity contribution in [2.24, 2.45) is 11.7 Å². The maximum atomic E-state index is 16.3. The van der Waals surface area contributed by atoms with E-state index in [4.69, 9.17) is 57.4 Å². The number of nitrogens with two attached hydrogens (primary N) is 1. The highest BCUT2D eigenvalue weighted by Crippen LogP contribution is 2.50. The number of halogens is 2. The molecule has 7 amide bonds. The Labute approximate surface area is 605 Å². The number of aliphatic hydroxyl groups excluding tert-OH is 6. The lowest BCUT2D eigenvalue weighted by molar-refractivity contribution is -0.277. The standard InChI is InChI=1S/C70H83Cl2N9O23/c1-26(2)16-39(81(8)9)64(94)79-53-56(88)31-11-14-42(36(71)18-31)100-44-20-33-21-45(61(44)104-69-59(91)58(90)57(89)46(25-82)102-69)101-43-15-12-32(19-37(43)72)60(103-48-24-70(6,74-7)62(92)29(5)99-48)54-68(98)76-50(28(4)83)35-22-41(85)27(3)55(87)49(35)34-17-30(10-13-40(34)84)51(65(95)80-54)78-66(96)52(33)77-63(93)38(23-47(73)86)75-67(53)97/h10-15,17-22,26,29,38-39,46,48,50-54,56-60,62,69,74,82,84-85,87-92H,16,23-25H2,1-9H3,(H2,73,86)(H,75,97)(H,76,98)(H,77,93)(H,78,96)(H,79,94)(H,80,95). The first-order valence-corrected chi connectivity index (χ1v) is 33.9. The molecule has 18 unspecified atom stereocenters. The van der Waals surface area contributed by atoms with Gasteiger partial charge in [0.25, 0.3) is 0 Å². The van der Waals surface area contributed by atoms with Crippen LogP contribution in [0.3, 0.4) is 0 Å². The molecule has 0 saturated carbocycles. The van der Waals surface area contributed by atoms with Gasteiger partial charge in [-0.2, -0.15) is 0 Å². The molecule has 7 aliphatic heterocycles. The van der Waals surface area contributed by atoms with Crippen LogP contribution in [0.5, 0.6) is 46.0 Å². The summed E-state index contributed by atoms with van der Waals surface area (Å²) >= 11 is 14.4. The number of aromatic hydroxyl groups is 3. The normalized spacial score (nSPS) is 29.0. The number of hydrogen-bond donors (Lipinski definition) is 17. The molecule has 7 heterocycles. The molecule has 0 aromatic heterocycles. The smallest absolute Gasteiger partial charge is 0.248 e. The number of benzene rings is 5. The number of ether oxygens (including phenoxy) is 6. The van der Waals surface area contributed by atoms with Gasteiger partial charge in [0.2, 0.25) is 53.4 Å². The van der Waals surface area contributed by atoms with E-state index < -0.39 is 209 Å². The lowest BCUT2D eigenvalue weighted by atomic mass is 9.85. The number of rotatable bonds is 14. The van der Waals surface area contributed by atoms with Crippen LogP contribution in [0.4, 0.5) is 0 Å². The number of likely N-dealkylation sites (N-methyl/N-ethyl adjacent to an activating group) is 2. The Bertz CT molecular complexity index is 4190. The summed E-state index contributed by atoms with van der Waals surface area (Å²) in [5, 5.41) is 121. The quantitative estimate of drug-likeness (QED) is 0.0749. The van der Waals surface area contributed by atoms with Gasteiger partial charge in [0, 0.05) is 28.7 Å². The summed E-state index contributed by atoms with van der Waals surface area (Å²) in [5.41, 5.74) is 2.53. The number of nitrogens with zero attached hydrogens (tertiary/aromatic N) is 1. The second-order valence-electron chi connectivity index (χ2n) is 27.2. The fourth-order valence-electron chi connectivity index (χ4n) is 13.1. The zero-order valence-electron chi connectivity index (χ0n) is 57.7. The van der Waals surface area contributed by atoms with Crippen molar-refractivity contribution >= 4 is 70.3 Å². The van der Waals surface area contributed by atoms with E-state index in [9.17, 15) is 65.1 Å². The Morgan fingerprint density at radius 3 is 1.93 bits per heavy atom. The van der Waals surface area contributed by atoms with Gasteiger partial charge >= 0.3 is 0 Å². The number of Topliss-reactive ketones (excluding diaryl/α,β-unsaturated/α-hetero) is 1. The third kappa shape index (κ3) is 16.0. The highest BCUT2D eigenvalue weighted by molar-refractivity contribution is 6.32. The van der Waals surface area contributed by atoms with Crippen LogP contribution in [0.15, 0.2) is 72.8 Å². The van der Waals surface area contributed by atoms with Crippen molar-refractivity contribution in [3.8, 4) is 57.1 Å². The number of primary amides is 1. The Kier molecular flexibility index (Phi) is 23.4. The van der Waals surface area contributed by atoms with Crippen molar-refractivity contribution in [2.45, 2.75) is 170 Å². The van der Waals surface area contributed by atoms with Gasteiger partial charge in [-0.3, -0.25) is 43.3 Å². The van der Waals surface area contributed by atoms with E-state index >= 15 is 19.2 Å². The number of carbonyl (C=O) groups excluding carboxylic acids is 8. The van der Waals surface area contributed by atoms with E-state index in [1.807, 2.05) is 13.8 Å². The van der Waals surface area contributed by atoms with Gasteiger partial charge in [-0.1, -0.05) is 55.2 Å². The minimum Gasteiger partial charge on any atom is -0.508 e. The minimum atomic E-state index is -2.31. The van der Waals surface area contributed by atoms with Crippen LogP contribution in [-0.4, -0.2) is 205 Å². The molecule has 18 atom stereocenters. The molecule has 5 aromatic rings. The predicted molar refractivity (Wildman–Crippen MR) is 367 cm³/mol. The van der Waals surface area contributed by atoms with Crippen LogP contribution in [0, 0.1) is 12.8 Å².